The zero-order valence-corrected chi connectivity index (χ0v) is 10.2. The van der Waals surface area contributed by atoms with E-state index in [4.69, 9.17) is 5.73 Å². The van der Waals surface area contributed by atoms with Gasteiger partial charge in [-0.25, -0.2) is 0 Å². The number of nitrogens with two attached hydrogens (primary N) is 1. The van der Waals surface area contributed by atoms with Crippen LogP contribution in [0.15, 0.2) is 30.5 Å². The van der Waals surface area contributed by atoms with Crippen LogP contribution in [0, 0.1) is 0 Å². The summed E-state index contributed by atoms with van der Waals surface area (Å²) in [6.45, 7) is 0.779. The molecule has 0 amide bonds. The summed E-state index contributed by atoms with van der Waals surface area (Å²) in [7, 11) is 0. The summed E-state index contributed by atoms with van der Waals surface area (Å²) in [4.78, 5) is 0. The van der Waals surface area contributed by atoms with E-state index in [0.717, 1.165) is 25.4 Å². The van der Waals surface area contributed by atoms with Gasteiger partial charge >= 0.3 is 0 Å². The van der Waals surface area contributed by atoms with Gasteiger partial charge in [-0.05, 0) is 67.8 Å². The average molecular weight is 228 g/mol. The molecule has 0 unspecified atom stereocenters. The van der Waals surface area contributed by atoms with Crippen LogP contribution in [0.2, 0.25) is 0 Å². The minimum atomic E-state index is 0.752. The van der Waals surface area contributed by atoms with E-state index in [-0.39, 0.29) is 0 Å². The number of aromatic nitrogens is 1. The van der Waals surface area contributed by atoms with E-state index >= 15 is 0 Å². The number of fused-ring (bicyclic) bond motifs is 1. The van der Waals surface area contributed by atoms with Crippen molar-refractivity contribution in [2.24, 2.45) is 5.73 Å². The lowest BCUT2D eigenvalue weighted by atomic mass is 9.93. The van der Waals surface area contributed by atoms with E-state index in [2.05, 4.69) is 35.0 Å². The standard InChI is InChI=1S/C15H20N2/c16-9-2-3-12-6-7-15-13(11-12)8-10-17(15)14-4-1-5-14/h6-8,10-11,14H,1-5,9,16H2. The van der Waals surface area contributed by atoms with Crippen molar-refractivity contribution in [1.29, 1.82) is 0 Å². The maximum absolute atomic E-state index is 5.55. The highest BCUT2D eigenvalue weighted by Gasteiger charge is 2.20. The SMILES string of the molecule is NCCCc1ccc2c(ccn2C2CCC2)c1. The number of nitrogens with zero attached hydrogens (tertiary/aromatic N) is 1. The molecule has 90 valence electrons. The third kappa shape index (κ3) is 1.98. The van der Waals surface area contributed by atoms with Crippen LogP contribution >= 0.6 is 0 Å². The zero-order chi connectivity index (χ0) is 11.7. The Bertz CT molecular complexity index is 509. The molecule has 1 aliphatic rings. The van der Waals surface area contributed by atoms with Gasteiger partial charge in [-0.2, -0.15) is 0 Å². The lowest BCUT2D eigenvalue weighted by Gasteiger charge is -2.28. The second kappa shape index (κ2) is 4.53. The number of aryl methyl sites for hydroxylation is 1. The summed E-state index contributed by atoms with van der Waals surface area (Å²) >= 11 is 0. The van der Waals surface area contributed by atoms with Crippen molar-refractivity contribution in [2.75, 3.05) is 6.54 Å². The fraction of sp³-hybridized carbons (Fsp3) is 0.467. The third-order valence-corrected chi connectivity index (χ3v) is 3.92. The summed E-state index contributed by atoms with van der Waals surface area (Å²) in [5.41, 5.74) is 8.36. The lowest BCUT2D eigenvalue weighted by molar-refractivity contribution is 0.321. The molecule has 1 heterocycles. The van der Waals surface area contributed by atoms with E-state index < -0.39 is 0 Å². The molecule has 0 spiro atoms. The van der Waals surface area contributed by atoms with Gasteiger partial charge in [0.25, 0.3) is 0 Å². The first-order valence-corrected chi connectivity index (χ1v) is 6.68. The van der Waals surface area contributed by atoms with Crippen molar-refractivity contribution in [3.05, 3.63) is 36.0 Å². The Balaban J connectivity index is 1.90. The predicted molar refractivity (Wildman–Crippen MR) is 72.2 cm³/mol. The molecule has 3 rings (SSSR count). The molecular weight excluding hydrogens is 208 g/mol. The number of benzene rings is 1. The van der Waals surface area contributed by atoms with Gasteiger partial charge in [0.2, 0.25) is 0 Å². The highest BCUT2D eigenvalue weighted by molar-refractivity contribution is 5.81. The number of hydrogen-bond acceptors (Lipinski definition) is 1. The van der Waals surface area contributed by atoms with E-state index in [1.165, 1.54) is 35.7 Å². The normalized spacial score (nSPS) is 16.3. The molecule has 1 aromatic heterocycles. The molecule has 1 aromatic carbocycles. The lowest BCUT2D eigenvalue weighted by Crippen LogP contribution is -2.15. The molecule has 0 radical (unpaired) electrons. The first-order valence-electron chi connectivity index (χ1n) is 6.68. The second-order valence-electron chi connectivity index (χ2n) is 5.09. The summed E-state index contributed by atoms with van der Waals surface area (Å²) in [6, 6.07) is 9.86. The largest absolute Gasteiger partial charge is 0.344 e. The second-order valence-corrected chi connectivity index (χ2v) is 5.09. The predicted octanol–water partition coefficient (Wildman–Crippen LogP) is 3.26. The summed E-state index contributed by atoms with van der Waals surface area (Å²) in [5, 5.41) is 1.38. The smallest absolute Gasteiger partial charge is 0.0483 e. The Hall–Kier alpha value is -1.28. The molecular formula is C15H20N2. The maximum Gasteiger partial charge on any atom is 0.0483 e. The molecule has 0 saturated heterocycles. The quantitative estimate of drug-likeness (QED) is 0.855. The van der Waals surface area contributed by atoms with Gasteiger partial charge in [0.05, 0.1) is 0 Å². The Morgan fingerprint density at radius 2 is 2.12 bits per heavy atom. The van der Waals surface area contributed by atoms with Crippen molar-refractivity contribution < 1.29 is 0 Å². The Morgan fingerprint density at radius 1 is 1.24 bits per heavy atom. The fourth-order valence-electron chi connectivity index (χ4n) is 2.66. The molecule has 1 fully saturated rings. The van der Waals surface area contributed by atoms with Crippen LogP contribution in [0.25, 0.3) is 10.9 Å². The van der Waals surface area contributed by atoms with E-state index in [1.807, 2.05) is 0 Å². The first-order chi connectivity index (χ1) is 8.38. The summed E-state index contributed by atoms with van der Waals surface area (Å²) < 4.78 is 2.45. The van der Waals surface area contributed by atoms with Gasteiger partial charge in [-0.15, -0.1) is 0 Å². The molecule has 2 N–H and O–H groups in total. The summed E-state index contributed by atoms with van der Waals surface area (Å²) in [6.07, 6.45) is 8.51. The van der Waals surface area contributed by atoms with Gasteiger partial charge in [0.15, 0.2) is 0 Å². The topological polar surface area (TPSA) is 30.9 Å². The van der Waals surface area contributed by atoms with Crippen LogP contribution in [0.1, 0.15) is 37.3 Å². The Kier molecular flexibility index (Phi) is 2.89. The molecule has 2 heteroatoms. The van der Waals surface area contributed by atoms with Crippen molar-refractivity contribution >= 4 is 10.9 Å². The van der Waals surface area contributed by atoms with Gasteiger partial charge in [0, 0.05) is 17.8 Å². The number of hydrogen-bond donors (Lipinski definition) is 1. The van der Waals surface area contributed by atoms with Gasteiger partial charge < -0.3 is 10.3 Å². The minimum Gasteiger partial charge on any atom is -0.344 e. The molecule has 0 bridgehead atoms. The number of rotatable bonds is 4. The average Bonchev–Trinajstić information content (AvgIpc) is 2.68. The van der Waals surface area contributed by atoms with Gasteiger partial charge in [0.1, 0.15) is 0 Å². The molecule has 0 aliphatic heterocycles. The highest BCUT2D eigenvalue weighted by Crippen LogP contribution is 2.34. The van der Waals surface area contributed by atoms with Crippen LogP contribution in [-0.4, -0.2) is 11.1 Å². The Labute approximate surface area is 102 Å². The molecule has 0 atom stereocenters. The molecule has 17 heavy (non-hydrogen) atoms. The van der Waals surface area contributed by atoms with Crippen LogP contribution in [0.4, 0.5) is 0 Å². The van der Waals surface area contributed by atoms with Crippen LogP contribution in [-0.2, 0) is 6.42 Å². The molecule has 1 saturated carbocycles. The van der Waals surface area contributed by atoms with Crippen LogP contribution < -0.4 is 5.73 Å². The zero-order valence-electron chi connectivity index (χ0n) is 10.2. The monoisotopic (exact) mass is 228 g/mol. The van der Waals surface area contributed by atoms with Crippen LogP contribution in [0.3, 0.4) is 0 Å². The van der Waals surface area contributed by atoms with Gasteiger partial charge in [-0.3, -0.25) is 0 Å². The highest BCUT2D eigenvalue weighted by atomic mass is 15.0. The third-order valence-electron chi connectivity index (χ3n) is 3.92. The van der Waals surface area contributed by atoms with Crippen molar-refractivity contribution in [2.45, 2.75) is 38.1 Å². The molecule has 2 aromatic rings. The van der Waals surface area contributed by atoms with Gasteiger partial charge in [-0.1, -0.05) is 6.07 Å². The van der Waals surface area contributed by atoms with E-state index in [1.54, 1.807) is 0 Å². The summed E-state index contributed by atoms with van der Waals surface area (Å²) in [5.74, 6) is 0. The molecule has 1 aliphatic carbocycles. The van der Waals surface area contributed by atoms with Crippen LogP contribution in [0.5, 0.6) is 0 Å². The Morgan fingerprint density at radius 3 is 2.82 bits per heavy atom. The molecule has 2 nitrogen and oxygen atoms in total. The first kappa shape index (κ1) is 10.8. The van der Waals surface area contributed by atoms with Crippen molar-refractivity contribution in [1.82, 2.24) is 4.57 Å². The fourth-order valence-corrected chi connectivity index (χ4v) is 2.66. The van der Waals surface area contributed by atoms with Crippen molar-refractivity contribution in [3.63, 3.8) is 0 Å². The van der Waals surface area contributed by atoms with E-state index in [0.29, 0.717) is 0 Å². The van der Waals surface area contributed by atoms with Crippen molar-refractivity contribution in [3.8, 4) is 0 Å². The minimum absolute atomic E-state index is 0.752. The van der Waals surface area contributed by atoms with E-state index in [9.17, 15) is 0 Å². The maximum atomic E-state index is 5.55.